The highest BCUT2D eigenvalue weighted by molar-refractivity contribution is 7.84. The summed E-state index contributed by atoms with van der Waals surface area (Å²) >= 11 is 0. The minimum atomic E-state index is -0.972. The maximum Gasteiger partial charge on any atom is 0.253 e. The van der Waals surface area contributed by atoms with E-state index in [4.69, 9.17) is 5.84 Å². The fraction of sp³-hybridized carbons (Fsp3) is 0.286. The van der Waals surface area contributed by atoms with Gasteiger partial charge in [0, 0.05) is 40.4 Å². The molecule has 2 atom stereocenters. The average Bonchev–Trinajstić information content (AvgIpc) is 2.50. The fourth-order valence-electron chi connectivity index (χ4n) is 1.94. The quantitative estimate of drug-likeness (QED) is 0.566. The summed E-state index contributed by atoms with van der Waals surface area (Å²) < 4.78 is 11.3. The van der Waals surface area contributed by atoms with Crippen LogP contribution in [-0.2, 0) is 10.8 Å². The first kappa shape index (κ1) is 15.4. The molecule has 0 aliphatic carbocycles. The third kappa shape index (κ3) is 3.37. The Morgan fingerprint density at radius 3 is 2.67 bits per heavy atom. The van der Waals surface area contributed by atoms with Gasteiger partial charge < -0.3 is 10.7 Å². The van der Waals surface area contributed by atoms with Crippen LogP contribution in [0.2, 0.25) is 0 Å². The summed E-state index contributed by atoms with van der Waals surface area (Å²) in [5, 5.41) is 4.23. The molecule has 0 saturated carbocycles. The molecule has 1 amide bonds. The van der Waals surface area contributed by atoms with E-state index in [9.17, 15) is 9.00 Å². The molecule has 1 aromatic carbocycles. The Morgan fingerprint density at radius 2 is 2.05 bits per heavy atom. The number of rotatable bonds is 5. The number of nitrogen functional groups attached to an aromatic ring is 1. The van der Waals surface area contributed by atoms with Gasteiger partial charge in [-0.2, -0.15) is 0 Å². The number of nitrogens with zero attached hydrogens (tertiary/aromatic N) is 1. The molecule has 2 aromatic rings. The first-order chi connectivity index (χ1) is 10.0. The lowest BCUT2D eigenvalue weighted by molar-refractivity contribution is 0.0955. The zero-order valence-electron chi connectivity index (χ0n) is 11.9. The summed E-state index contributed by atoms with van der Waals surface area (Å²) in [5.74, 6) is 5.71. The maximum absolute atomic E-state index is 12.3. The molecule has 2 unspecified atom stereocenters. The molecular formula is C14H18N4O2S. The molecule has 2 rings (SSSR count). The van der Waals surface area contributed by atoms with Crippen molar-refractivity contribution < 1.29 is 9.00 Å². The summed E-state index contributed by atoms with van der Waals surface area (Å²) in [6, 6.07) is 7.39. The van der Waals surface area contributed by atoms with Crippen LogP contribution in [0, 0.1) is 0 Å². The lowest BCUT2D eigenvalue weighted by atomic mass is 10.1. The summed E-state index contributed by atoms with van der Waals surface area (Å²) in [4.78, 5) is 16.4. The Balaban J connectivity index is 2.30. The Labute approximate surface area is 125 Å². The Bertz CT molecular complexity index is 690. The minimum Gasteiger partial charge on any atom is -0.351 e. The number of fused-ring (bicyclic) bond motifs is 1. The molecule has 21 heavy (non-hydrogen) atoms. The van der Waals surface area contributed by atoms with Crippen molar-refractivity contribution in [1.82, 2.24) is 10.3 Å². The number of hydrogen-bond acceptors (Lipinski definition) is 5. The highest BCUT2D eigenvalue weighted by Gasteiger charge is 2.14. The van der Waals surface area contributed by atoms with Gasteiger partial charge in [-0.3, -0.25) is 9.00 Å². The molecule has 0 aliphatic rings. The maximum atomic E-state index is 12.3. The third-order valence-corrected chi connectivity index (χ3v) is 4.59. The lowest BCUT2D eigenvalue weighted by Gasteiger charge is -2.12. The number of nitrogens with two attached hydrogens (primary N) is 1. The molecule has 0 aliphatic heterocycles. The summed E-state index contributed by atoms with van der Waals surface area (Å²) in [7, 11) is -0.972. The zero-order chi connectivity index (χ0) is 15.4. The van der Waals surface area contributed by atoms with Crippen LogP contribution in [0.5, 0.6) is 0 Å². The van der Waals surface area contributed by atoms with E-state index in [-0.39, 0.29) is 11.2 Å². The van der Waals surface area contributed by atoms with Gasteiger partial charge in [-0.1, -0.05) is 24.3 Å². The third-order valence-electron chi connectivity index (χ3n) is 3.29. The molecule has 6 nitrogen and oxygen atoms in total. The van der Waals surface area contributed by atoms with Gasteiger partial charge in [-0.25, -0.2) is 10.8 Å². The summed E-state index contributed by atoms with van der Waals surface area (Å²) in [6.45, 7) is 2.18. The Kier molecular flexibility index (Phi) is 4.87. The van der Waals surface area contributed by atoms with Crippen LogP contribution in [0.25, 0.3) is 10.8 Å². The van der Waals surface area contributed by atoms with Gasteiger partial charge in [0.15, 0.2) is 0 Å². The van der Waals surface area contributed by atoms with Crippen molar-refractivity contribution in [2.24, 2.45) is 5.84 Å². The molecule has 0 spiro atoms. The number of pyridine rings is 1. The topological polar surface area (TPSA) is 97.1 Å². The molecule has 7 heteroatoms. The van der Waals surface area contributed by atoms with Gasteiger partial charge in [0.25, 0.3) is 5.91 Å². The number of benzene rings is 1. The van der Waals surface area contributed by atoms with Gasteiger partial charge in [0.2, 0.25) is 0 Å². The van der Waals surface area contributed by atoms with E-state index in [1.807, 2.05) is 31.2 Å². The monoisotopic (exact) mass is 306 g/mol. The summed E-state index contributed by atoms with van der Waals surface area (Å²) in [6.07, 6.45) is 3.11. The number of amides is 1. The van der Waals surface area contributed by atoms with Crippen molar-refractivity contribution in [3.05, 3.63) is 36.0 Å². The number of anilines is 1. The Morgan fingerprint density at radius 1 is 1.38 bits per heavy atom. The van der Waals surface area contributed by atoms with E-state index < -0.39 is 10.8 Å². The van der Waals surface area contributed by atoms with Crippen LogP contribution in [0.4, 0.5) is 5.82 Å². The second kappa shape index (κ2) is 6.64. The number of hydrogen-bond donors (Lipinski definition) is 3. The molecule has 0 radical (unpaired) electrons. The molecule has 112 valence electrons. The SMILES string of the molecule is CC(CNC(=O)c1cnc(NN)c2ccccc12)S(C)=O. The van der Waals surface area contributed by atoms with Gasteiger partial charge in [-0.15, -0.1) is 0 Å². The zero-order valence-corrected chi connectivity index (χ0v) is 12.7. The van der Waals surface area contributed by atoms with Crippen LogP contribution in [0.15, 0.2) is 30.5 Å². The predicted molar refractivity (Wildman–Crippen MR) is 85.4 cm³/mol. The van der Waals surface area contributed by atoms with Crippen molar-refractivity contribution in [1.29, 1.82) is 0 Å². The number of hydrazine groups is 1. The first-order valence-corrected chi connectivity index (χ1v) is 8.11. The predicted octanol–water partition coefficient (Wildman–Crippen LogP) is 1.02. The van der Waals surface area contributed by atoms with Crippen LogP contribution >= 0.6 is 0 Å². The molecular weight excluding hydrogens is 288 g/mol. The molecule has 1 heterocycles. The smallest absolute Gasteiger partial charge is 0.253 e. The standard InChI is InChI=1S/C14H18N4O2S/c1-9(21(2)20)7-17-14(19)12-8-16-13(18-15)11-6-4-3-5-10(11)12/h3-6,8-9H,7,15H2,1-2H3,(H,16,18)(H,17,19). The van der Waals surface area contributed by atoms with Crippen molar-refractivity contribution in [3.63, 3.8) is 0 Å². The lowest BCUT2D eigenvalue weighted by Crippen LogP contribution is -2.32. The van der Waals surface area contributed by atoms with Crippen LogP contribution in [0.1, 0.15) is 17.3 Å². The van der Waals surface area contributed by atoms with E-state index in [2.05, 4.69) is 15.7 Å². The summed E-state index contributed by atoms with van der Waals surface area (Å²) in [5.41, 5.74) is 2.99. The highest BCUT2D eigenvalue weighted by Crippen LogP contribution is 2.23. The van der Waals surface area contributed by atoms with Crippen molar-refractivity contribution in [3.8, 4) is 0 Å². The Hall–Kier alpha value is -1.99. The van der Waals surface area contributed by atoms with Gasteiger partial charge in [-0.05, 0) is 12.3 Å². The van der Waals surface area contributed by atoms with Crippen molar-refractivity contribution in [2.45, 2.75) is 12.2 Å². The number of nitrogens with one attached hydrogen (secondary N) is 2. The normalized spacial score (nSPS) is 13.7. The average molecular weight is 306 g/mol. The van der Waals surface area contributed by atoms with Crippen LogP contribution in [0.3, 0.4) is 0 Å². The van der Waals surface area contributed by atoms with E-state index in [0.717, 1.165) is 10.8 Å². The molecule has 4 N–H and O–H groups in total. The number of carbonyl (C=O) groups is 1. The van der Waals surface area contributed by atoms with E-state index >= 15 is 0 Å². The van der Waals surface area contributed by atoms with E-state index in [1.54, 1.807) is 6.26 Å². The number of aromatic nitrogens is 1. The van der Waals surface area contributed by atoms with Gasteiger partial charge in [0.05, 0.1) is 5.56 Å². The second-order valence-corrected chi connectivity index (χ2v) is 6.53. The van der Waals surface area contributed by atoms with E-state index in [0.29, 0.717) is 17.9 Å². The fourth-order valence-corrected chi connectivity index (χ4v) is 2.26. The van der Waals surface area contributed by atoms with Crippen molar-refractivity contribution in [2.75, 3.05) is 18.2 Å². The molecule has 0 bridgehead atoms. The second-order valence-electron chi connectivity index (χ2n) is 4.73. The molecule has 0 saturated heterocycles. The van der Waals surface area contributed by atoms with Gasteiger partial charge >= 0.3 is 0 Å². The van der Waals surface area contributed by atoms with Gasteiger partial charge in [0.1, 0.15) is 5.82 Å². The molecule has 1 aromatic heterocycles. The molecule has 0 fully saturated rings. The first-order valence-electron chi connectivity index (χ1n) is 6.49. The van der Waals surface area contributed by atoms with E-state index in [1.165, 1.54) is 6.20 Å². The van der Waals surface area contributed by atoms with Crippen LogP contribution in [-0.4, -0.2) is 33.2 Å². The largest absolute Gasteiger partial charge is 0.351 e. The highest BCUT2D eigenvalue weighted by atomic mass is 32.2. The number of carbonyl (C=O) groups excluding carboxylic acids is 1. The minimum absolute atomic E-state index is 0.0989. The van der Waals surface area contributed by atoms with Crippen molar-refractivity contribution >= 4 is 33.3 Å². The van der Waals surface area contributed by atoms with Crippen LogP contribution < -0.4 is 16.6 Å².